The van der Waals surface area contributed by atoms with Crippen LogP contribution in [0.25, 0.3) is 0 Å². The van der Waals surface area contributed by atoms with Gasteiger partial charge in [-0.1, -0.05) is 0 Å². The van der Waals surface area contributed by atoms with Crippen molar-refractivity contribution in [3.63, 3.8) is 0 Å². The van der Waals surface area contributed by atoms with E-state index in [0.29, 0.717) is 0 Å². The molecule has 0 aromatic carbocycles. The van der Waals surface area contributed by atoms with Gasteiger partial charge in [-0.15, -0.1) is 0 Å². The van der Waals surface area contributed by atoms with Crippen LogP contribution in [0.1, 0.15) is 41.5 Å². The normalized spacial score (nSPS) is 11.6. The number of rotatable bonds is 6. The molecule has 1 radical (unpaired) electrons. The zero-order chi connectivity index (χ0) is 15.6. The standard InChI is InChI=1S/C17H33Ge2Si/c1-8-18(9-2,10-3)14-16-20(7)17-15-19(11-4,12-5)13-6/h8-13H2,1-7H3. The van der Waals surface area contributed by atoms with Gasteiger partial charge in [-0.2, -0.15) is 0 Å². The van der Waals surface area contributed by atoms with Crippen molar-refractivity contribution in [2.24, 2.45) is 0 Å². The van der Waals surface area contributed by atoms with Gasteiger partial charge in [0.2, 0.25) is 0 Å². The van der Waals surface area contributed by atoms with Crippen LogP contribution in [0.2, 0.25) is 38.1 Å². The van der Waals surface area contributed by atoms with Crippen molar-refractivity contribution in [1.29, 1.82) is 0 Å². The molecule has 0 rings (SSSR count). The van der Waals surface area contributed by atoms with E-state index >= 15 is 0 Å². The molecule has 20 heavy (non-hydrogen) atoms. The van der Waals surface area contributed by atoms with E-state index in [1.54, 1.807) is 0 Å². The molecule has 0 N–H and O–H groups in total. The Bertz CT molecular complexity index is 332. The molecule has 0 heterocycles. The fourth-order valence-electron chi connectivity index (χ4n) is 2.51. The van der Waals surface area contributed by atoms with Crippen LogP contribution in [-0.2, 0) is 0 Å². The first kappa shape index (κ1) is 20.4. The fourth-order valence-corrected chi connectivity index (χ4v) is 17.7. The Hall–Kier alpha value is 0.423. The van der Waals surface area contributed by atoms with E-state index < -0.39 is 35.3 Å². The molecule has 0 aliphatic rings. The van der Waals surface area contributed by atoms with Crippen LogP contribution in [0.3, 0.4) is 0 Å². The van der Waals surface area contributed by atoms with Crippen molar-refractivity contribution in [3.8, 4) is 20.6 Å². The fraction of sp³-hybridized carbons (Fsp3) is 0.765. The summed E-state index contributed by atoms with van der Waals surface area (Å²) in [5.74, 6) is 0. The third-order valence-electron chi connectivity index (χ3n) is 5.09. The zero-order valence-electron chi connectivity index (χ0n) is 14.7. The minimum atomic E-state index is -1.80. The second kappa shape index (κ2) is 10.2. The third kappa shape index (κ3) is 6.04. The third-order valence-corrected chi connectivity index (χ3v) is 26.9. The Kier molecular flexibility index (Phi) is 10.4. The molecule has 3 heteroatoms. The van der Waals surface area contributed by atoms with E-state index in [4.69, 9.17) is 0 Å². The Labute approximate surface area is 135 Å². The summed E-state index contributed by atoms with van der Waals surface area (Å²) < 4.78 is 7.55. The average Bonchev–Trinajstić information content (AvgIpc) is 2.51. The van der Waals surface area contributed by atoms with E-state index in [9.17, 15) is 0 Å². The molecule has 0 spiro atoms. The first-order valence-electron chi connectivity index (χ1n) is 8.36. The monoisotopic (exact) mass is 413 g/mol. The summed E-state index contributed by atoms with van der Waals surface area (Å²) in [6, 6.07) is 0. The molecule has 0 nitrogen and oxygen atoms in total. The molecule has 0 fully saturated rings. The number of hydrogen-bond donors (Lipinski definition) is 0. The summed E-state index contributed by atoms with van der Waals surface area (Å²) in [7, 11) is -0.743. The van der Waals surface area contributed by atoms with Crippen LogP contribution in [0.5, 0.6) is 0 Å². The maximum atomic E-state index is 3.77. The second-order valence-corrected chi connectivity index (χ2v) is 28.3. The molecule has 0 saturated carbocycles. The van der Waals surface area contributed by atoms with Crippen molar-refractivity contribution in [3.05, 3.63) is 0 Å². The van der Waals surface area contributed by atoms with Gasteiger partial charge in [0.1, 0.15) is 0 Å². The Morgan fingerprint density at radius 2 is 0.850 bits per heavy atom. The van der Waals surface area contributed by atoms with Crippen LogP contribution in [0.4, 0.5) is 0 Å². The van der Waals surface area contributed by atoms with Gasteiger partial charge in [0.15, 0.2) is 0 Å². The van der Waals surface area contributed by atoms with Crippen LogP contribution in [0, 0.1) is 20.6 Å². The first-order chi connectivity index (χ1) is 9.46. The Balaban J connectivity index is 5.03. The molecule has 0 aliphatic heterocycles. The molecule has 0 bridgehead atoms. The summed E-state index contributed by atoms with van der Waals surface area (Å²) in [5, 5.41) is 8.10. The van der Waals surface area contributed by atoms with Crippen LogP contribution < -0.4 is 0 Å². The predicted molar refractivity (Wildman–Crippen MR) is 102 cm³/mol. The Morgan fingerprint density at radius 1 is 0.600 bits per heavy atom. The molecule has 0 atom stereocenters. The van der Waals surface area contributed by atoms with Gasteiger partial charge in [-0.25, -0.2) is 0 Å². The van der Waals surface area contributed by atoms with Crippen molar-refractivity contribution >= 4 is 35.3 Å². The van der Waals surface area contributed by atoms with Gasteiger partial charge in [0, 0.05) is 0 Å². The molecular weight excluding hydrogens is 377 g/mol. The predicted octanol–water partition coefficient (Wildman–Crippen LogP) is 5.29. The molecule has 0 amide bonds. The van der Waals surface area contributed by atoms with Crippen molar-refractivity contribution in [1.82, 2.24) is 0 Å². The first-order valence-corrected chi connectivity index (χ1v) is 21.4. The van der Waals surface area contributed by atoms with Gasteiger partial charge in [-0.3, -0.25) is 0 Å². The molecule has 0 aromatic rings. The summed E-state index contributed by atoms with van der Waals surface area (Å²) in [4.78, 5) is 0. The summed E-state index contributed by atoms with van der Waals surface area (Å²) in [5.41, 5.74) is 7.23. The van der Waals surface area contributed by atoms with Gasteiger partial charge >= 0.3 is 136 Å². The topological polar surface area (TPSA) is 0 Å². The SMILES string of the molecule is C[CH2][Ge]([C]#C[Si](C)C#[C][Ge]([CH2]C)([CH2]C)[CH2]C)([CH2]C)[CH2]C. The molecule has 0 aliphatic carbocycles. The van der Waals surface area contributed by atoms with E-state index in [2.05, 4.69) is 68.7 Å². The van der Waals surface area contributed by atoms with Crippen molar-refractivity contribution in [2.45, 2.75) is 79.6 Å². The molecule has 0 unspecified atom stereocenters. The molecular formula is C17H33Ge2Si. The van der Waals surface area contributed by atoms with Gasteiger partial charge in [-0.05, 0) is 0 Å². The summed E-state index contributed by atoms with van der Waals surface area (Å²) >= 11 is -3.59. The van der Waals surface area contributed by atoms with Gasteiger partial charge in [0.25, 0.3) is 0 Å². The molecule has 0 aromatic heterocycles. The van der Waals surface area contributed by atoms with Crippen LogP contribution in [0.15, 0.2) is 0 Å². The quantitative estimate of drug-likeness (QED) is 0.412. The van der Waals surface area contributed by atoms with Crippen molar-refractivity contribution in [2.75, 3.05) is 0 Å². The van der Waals surface area contributed by atoms with E-state index in [-0.39, 0.29) is 0 Å². The van der Waals surface area contributed by atoms with E-state index in [0.717, 1.165) is 0 Å². The van der Waals surface area contributed by atoms with Gasteiger partial charge < -0.3 is 0 Å². The summed E-state index contributed by atoms with van der Waals surface area (Å²) in [6.45, 7) is 16.4. The van der Waals surface area contributed by atoms with E-state index in [1.165, 1.54) is 31.5 Å². The maximum absolute atomic E-state index is 3.77. The van der Waals surface area contributed by atoms with Crippen LogP contribution in [-0.4, -0.2) is 35.3 Å². The zero-order valence-corrected chi connectivity index (χ0v) is 19.9. The Morgan fingerprint density at radius 3 is 1.05 bits per heavy atom. The average molecular weight is 411 g/mol. The number of hydrogen-bond acceptors (Lipinski definition) is 0. The summed E-state index contributed by atoms with van der Waals surface area (Å²) in [6.07, 6.45) is 0. The molecule has 0 saturated heterocycles. The molecule has 113 valence electrons. The van der Waals surface area contributed by atoms with Gasteiger partial charge in [0.05, 0.1) is 0 Å². The van der Waals surface area contributed by atoms with E-state index in [1.807, 2.05) is 0 Å². The van der Waals surface area contributed by atoms with Crippen molar-refractivity contribution < 1.29 is 0 Å². The minimum absolute atomic E-state index is 0.743. The van der Waals surface area contributed by atoms with Crippen LogP contribution >= 0.6 is 0 Å². The second-order valence-electron chi connectivity index (χ2n) is 5.81.